The normalized spacial score (nSPS) is 12.9. The van der Waals surface area contributed by atoms with Gasteiger partial charge in [0.25, 0.3) is 5.69 Å². The van der Waals surface area contributed by atoms with Crippen LogP contribution >= 0.6 is 0 Å². The number of ether oxygens (including phenoxy) is 1. The number of amides is 3. The third kappa shape index (κ3) is 13.0. The van der Waals surface area contributed by atoms with Crippen molar-refractivity contribution in [1.29, 1.82) is 0 Å². The predicted octanol–water partition coefficient (Wildman–Crippen LogP) is 7.28. The van der Waals surface area contributed by atoms with E-state index in [1.54, 1.807) is 18.2 Å². The molecule has 0 aliphatic carbocycles. The molecule has 3 N–H and O–H groups in total. The first-order valence-electron chi connectivity index (χ1n) is 15.0. The number of hydrogen-bond acceptors (Lipinski definition) is 7. The maximum atomic E-state index is 12.7. The van der Waals surface area contributed by atoms with E-state index in [0.717, 1.165) is 5.56 Å². The Bertz CT molecular complexity index is 1450. The highest BCUT2D eigenvalue weighted by atomic mass is 28.4. The van der Waals surface area contributed by atoms with Crippen LogP contribution in [0.3, 0.4) is 0 Å². The summed E-state index contributed by atoms with van der Waals surface area (Å²) in [6.07, 6.45) is -1.20. The Kier molecular flexibility index (Phi) is 12.9. The number of para-hydroxylation sites is 1. The van der Waals surface area contributed by atoms with Gasteiger partial charge in [0.1, 0.15) is 12.4 Å². The van der Waals surface area contributed by atoms with Crippen molar-refractivity contribution in [3.8, 4) is 5.75 Å². The maximum Gasteiger partial charge on any atom is 0.407 e. The number of nitrogens with one attached hydrogen (secondary N) is 2. The van der Waals surface area contributed by atoms with Gasteiger partial charge in [0.2, 0.25) is 0 Å². The molecule has 3 aromatic carbocycles. The van der Waals surface area contributed by atoms with Gasteiger partial charge in [-0.3, -0.25) is 10.1 Å². The number of nitrogens with zero attached hydrogens (tertiary/aromatic N) is 2. The van der Waals surface area contributed by atoms with E-state index in [0.29, 0.717) is 17.9 Å². The zero-order valence-electron chi connectivity index (χ0n) is 27.2. The molecule has 0 radical (unpaired) electrons. The lowest BCUT2D eigenvalue weighted by Crippen LogP contribution is -2.51. The summed E-state index contributed by atoms with van der Waals surface area (Å²) in [6.45, 7) is 12.8. The fraction of sp³-hybridized carbons (Fsp3) is 0.375. The minimum absolute atomic E-state index is 0.101. The van der Waals surface area contributed by atoms with Crippen LogP contribution in [0, 0.1) is 10.1 Å². The van der Waals surface area contributed by atoms with E-state index in [4.69, 9.17) is 13.6 Å². The Hall–Kier alpha value is -4.25. The predicted molar refractivity (Wildman–Crippen MR) is 184 cm³/mol. The van der Waals surface area contributed by atoms with E-state index in [1.165, 1.54) is 23.1 Å². The highest BCUT2D eigenvalue weighted by Gasteiger charge is 2.31. The van der Waals surface area contributed by atoms with Gasteiger partial charge in [0.15, 0.2) is 16.6 Å². The third-order valence-corrected chi connectivity index (χ3v) is 8.57. The van der Waals surface area contributed by atoms with Crippen molar-refractivity contribution in [3.05, 3.63) is 94.5 Å². The Balaban J connectivity index is 1.74. The fourth-order valence-electron chi connectivity index (χ4n) is 4.52. The van der Waals surface area contributed by atoms with E-state index in [9.17, 15) is 24.8 Å². The summed E-state index contributed by atoms with van der Waals surface area (Å²) in [7, 11) is -4.05. The van der Waals surface area contributed by atoms with Crippen LogP contribution < -0.4 is 15.4 Å². The van der Waals surface area contributed by atoms with Gasteiger partial charge in [0, 0.05) is 23.5 Å². The lowest BCUT2D eigenvalue weighted by Gasteiger charge is -2.36. The topological polar surface area (TPSA) is 152 Å². The van der Waals surface area contributed by atoms with Crippen molar-refractivity contribution in [2.75, 3.05) is 30.4 Å². The quantitative estimate of drug-likeness (QED) is 0.0818. The minimum atomic E-state index is -2.06. The summed E-state index contributed by atoms with van der Waals surface area (Å²) >= 11 is 0. The van der Waals surface area contributed by atoms with Gasteiger partial charge in [-0.1, -0.05) is 36.4 Å². The van der Waals surface area contributed by atoms with Crippen molar-refractivity contribution < 1.29 is 33.2 Å². The Morgan fingerprint density at radius 3 is 2.11 bits per heavy atom. The summed E-state index contributed by atoms with van der Waals surface area (Å²) in [5, 5.41) is 26.7. The molecule has 0 unspecified atom stereocenters. The van der Waals surface area contributed by atoms with Crippen molar-refractivity contribution in [3.63, 3.8) is 0 Å². The average molecular weight is 669 g/mol. The van der Waals surface area contributed by atoms with Crippen LogP contribution in [-0.4, -0.2) is 75.6 Å². The molecule has 12 nitrogen and oxygen atoms in total. The molecule has 0 aliphatic rings. The molecule has 0 spiro atoms. The number of anilines is 2. The molecule has 0 saturated heterocycles. The Labute approximate surface area is 272 Å². The third-order valence-electron chi connectivity index (χ3n) is 6.49. The number of urea groups is 1. The number of hydrogen-bond donors (Lipinski definition) is 3. The van der Waals surface area contributed by atoms with Crippen LogP contribution in [0.2, 0.25) is 39.3 Å². The maximum absolute atomic E-state index is 12.7. The van der Waals surface area contributed by atoms with Crippen LogP contribution in [0.25, 0.3) is 0 Å². The number of benzene rings is 3. The molecule has 3 amide bonds. The van der Waals surface area contributed by atoms with Gasteiger partial charge in [-0.2, -0.15) is 0 Å². The van der Waals surface area contributed by atoms with Crippen molar-refractivity contribution in [2.24, 2.45) is 0 Å². The van der Waals surface area contributed by atoms with Crippen LogP contribution in [0.1, 0.15) is 5.56 Å². The summed E-state index contributed by atoms with van der Waals surface area (Å²) in [5.41, 5.74) is 1.50. The monoisotopic (exact) mass is 668 g/mol. The molecule has 3 rings (SSSR count). The average Bonchev–Trinajstić information content (AvgIpc) is 2.97. The SMILES string of the molecule is C[Si](C)(C)OC[C@H](Cc1ccc(NC(=O)Nc2cccc([N+](=O)[O-])c2)cc1)N(C[C@@H](COc1ccccc1)O[Si](C)(C)C)C(=O)O. The molecule has 248 valence electrons. The Morgan fingerprint density at radius 1 is 0.870 bits per heavy atom. The number of rotatable bonds is 16. The number of carbonyl (C=O) groups excluding carboxylic acids is 1. The van der Waals surface area contributed by atoms with Gasteiger partial charge in [-0.05, 0) is 81.6 Å². The summed E-state index contributed by atoms with van der Waals surface area (Å²) < 4.78 is 18.6. The zero-order chi connectivity index (χ0) is 33.9. The summed E-state index contributed by atoms with van der Waals surface area (Å²) in [5.74, 6) is 0.680. The summed E-state index contributed by atoms with van der Waals surface area (Å²) in [4.78, 5) is 37.1. The molecule has 0 saturated carbocycles. The largest absolute Gasteiger partial charge is 0.491 e. The molecule has 46 heavy (non-hydrogen) atoms. The second kappa shape index (κ2) is 16.4. The van der Waals surface area contributed by atoms with E-state index < -0.39 is 45.8 Å². The fourth-order valence-corrected chi connectivity index (χ4v) is 6.36. The molecule has 0 fully saturated rings. The first kappa shape index (κ1) is 36.2. The Morgan fingerprint density at radius 2 is 1.52 bits per heavy atom. The standard InChI is InChI=1S/C32H44N4O8Si2/c1-45(2,3)43-22-28(35(32(38)39)21-30(44-46(4,5)6)23-42-29-13-8-7-9-14-29)19-24-15-17-25(18-16-24)33-31(37)34-26-11-10-12-27(20-26)36(40)41/h7-18,20,28,30H,19,21-23H2,1-6H3,(H,38,39)(H2,33,34,37)/t28-,30-/m0/s1. The first-order valence-corrected chi connectivity index (χ1v) is 21.8. The molecular weight excluding hydrogens is 625 g/mol. The highest BCUT2D eigenvalue weighted by Crippen LogP contribution is 2.20. The van der Waals surface area contributed by atoms with Gasteiger partial charge >= 0.3 is 12.1 Å². The second-order valence-electron chi connectivity index (χ2n) is 12.8. The number of nitro benzene ring substituents is 1. The van der Waals surface area contributed by atoms with Crippen LogP contribution in [0.5, 0.6) is 5.75 Å². The van der Waals surface area contributed by atoms with E-state index in [2.05, 4.69) is 49.9 Å². The number of carboxylic acid groups (broad SMARTS) is 1. The lowest BCUT2D eigenvalue weighted by molar-refractivity contribution is -0.384. The van der Waals surface area contributed by atoms with E-state index in [1.807, 2.05) is 42.5 Å². The second-order valence-corrected chi connectivity index (χ2v) is 21.7. The summed E-state index contributed by atoms with van der Waals surface area (Å²) in [6, 6.07) is 21.0. The van der Waals surface area contributed by atoms with Gasteiger partial charge < -0.3 is 34.2 Å². The van der Waals surface area contributed by atoms with E-state index in [-0.39, 0.29) is 31.1 Å². The first-order chi connectivity index (χ1) is 21.6. The molecule has 2 atom stereocenters. The molecule has 0 aliphatic heterocycles. The molecule has 0 heterocycles. The lowest BCUT2D eigenvalue weighted by atomic mass is 10.0. The van der Waals surface area contributed by atoms with Gasteiger partial charge in [-0.25, -0.2) is 9.59 Å². The highest BCUT2D eigenvalue weighted by molar-refractivity contribution is 6.70. The number of nitro groups is 1. The van der Waals surface area contributed by atoms with Crippen LogP contribution in [-0.2, 0) is 15.3 Å². The molecule has 3 aromatic rings. The molecule has 0 aromatic heterocycles. The smallest absolute Gasteiger partial charge is 0.407 e. The van der Waals surface area contributed by atoms with E-state index >= 15 is 0 Å². The van der Waals surface area contributed by atoms with Gasteiger partial charge in [-0.15, -0.1) is 0 Å². The minimum Gasteiger partial charge on any atom is -0.491 e. The molecule has 14 heteroatoms. The van der Waals surface area contributed by atoms with Crippen LogP contribution in [0.4, 0.5) is 26.7 Å². The van der Waals surface area contributed by atoms with Crippen LogP contribution in [0.15, 0.2) is 78.9 Å². The van der Waals surface area contributed by atoms with Crippen molar-refractivity contribution in [1.82, 2.24) is 4.90 Å². The number of carbonyl (C=O) groups is 2. The van der Waals surface area contributed by atoms with Crippen molar-refractivity contribution in [2.45, 2.75) is 57.8 Å². The zero-order valence-corrected chi connectivity index (χ0v) is 29.2. The molecule has 0 bridgehead atoms. The number of non-ortho nitro benzene ring substituents is 1. The van der Waals surface area contributed by atoms with Crippen molar-refractivity contribution >= 4 is 45.8 Å². The molecular formula is C32H44N4O8Si2. The van der Waals surface area contributed by atoms with Gasteiger partial charge in [0.05, 0.1) is 30.2 Å².